The standard InChI is InChI=1S/C28H25NO7S.C25H24O6.C18H20O5.C18H18O5.C7H5FO.C3H3NO2S.V/c1-33-22-12-18(13-23(16-22)34-2)14-24(27(31)35-3)19-6-10-21(11-7-19)36-20-8-4-17(5-9-20)15-25-26(30)29-28(32)37-25;1-28-22-12-18(13-23(15-22)29-2)14-24(25(27)30-3)19-6-10-21(11-7-19)31-20-8-4-17(16-26)5-9-20;2*1-21-15-8-12(9-16(11-15)22-2)10-17(18(20)23-3)13-4-6-14(19)7-5-13;8-7-3-1-6(5-9)2-4-7;5-2-1-7-3(6)4-2;/h4-13,15-16,24H,14H2,1-3H3,(H,29,30,32);4-13,15-16,24H,14H2,1-3H3;4-9,11,17,19H,10H2,1-3H3;4-11,19H,1-3H3;1-5H;1H2,(H,4,5,6);/b25-15-;;;17-10+;;;. The molecule has 0 aromatic heterocycles. The molecule has 2 saturated heterocycles. The zero-order chi connectivity index (χ0) is 94.2. The number of imide groups is 2. The van der Waals surface area contributed by atoms with Crippen LogP contribution in [-0.2, 0) is 85.5 Å². The Morgan fingerprint density at radius 1 is 0.374 bits per heavy atom. The average Bonchev–Trinajstić information content (AvgIpc) is 0.914. The minimum Gasteiger partial charge on any atom is -0.508 e. The molecule has 3 atom stereocenters. The van der Waals surface area contributed by atoms with Gasteiger partial charge >= 0.3 is 23.9 Å². The van der Waals surface area contributed by atoms with E-state index < -0.39 is 29.6 Å². The number of halogens is 1. The van der Waals surface area contributed by atoms with Crippen LogP contribution in [0.15, 0.2) is 248 Å². The van der Waals surface area contributed by atoms with Crippen LogP contribution >= 0.6 is 23.5 Å². The molecule has 2 heterocycles. The SMILES string of the molecule is COC(=O)/C(=C/c1cc(OC)cc(OC)c1)c1ccc(O)cc1.COC(=O)C(Cc1cc(OC)cc(OC)c1)c1ccc(O)cc1.COC(=O)C(Cc1cc(OC)cc(OC)c1)c1ccc(Oc2ccc(/C=C3\SC(=O)NC3=O)cc2)cc1.COC(=O)C(Cc1cc(OC)cc(OC)c1)c1ccc(Oc2ccc(C=O)cc2)cc1.O=C1CSC(=O)N1.O=Cc1ccc(F)cc1.[V]. The van der Waals surface area contributed by atoms with E-state index in [2.05, 4.69) is 10.6 Å². The molecule has 28 nitrogen and oxygen atoms in total. The fourth-order valence-electron chi connectivity index (χ4n) is 12.4. The van der Waals surface area contributed by atoms with Crippen LogP contribution in [0.5, 0.6) is 80.5 Å². The van der Waals surface area contributed by atoms with E-state index in [9.17, 15) is 62.5 Å². The van der Waals surface area contributed by atoms with Gasteiger partial charge in [0.05, 0.1) is 119 Å². The molecule has 4 N–H and O–H groups in total. The summed E-state index contributed by atoms with van der Waals surface area (Å²) in [5.41, 5.74) is 8.60. The maximum atomic E-state index is 12.6. The molecular weight excluding hydrogens is 1770 g/mol. The number of methoxy groups -OCH3 is 12. The number of phenolic OH excluding ortho intramolecular Hbond substituents is 2. The number of aromatic hydroxyl groups is 2. The Bertz CT molecular complexity index is 5640. The number of hydrogen-bond acceptors (Lipinski definition) is 28. The number of benzene rings is 11. The molecule has 0 aliphatic carbocycles. The summed E-state index contributed by atoms with van der Waals surface area (Å²) >= 11 is 1.88. The van der Waals surface area contributed by atoms with Crippen molar-refractivity contribution in [3.05, 3.63) is 315 Å². The van der Waals surface area contributed by atoms with Crippen molar-refractivity contribution >= 4 is 100.0 Å². The maximum Gasteiger partial charge on any atom is 0.338 e. The Morgan fingerprint density at radius 2 is 0.687 bits per heavy atom. The molecule has 1 radical (unpaired) electrons. The number of thioether (sulfide) groups is 2. The van der Waals surface area contributed by atoms with E-state index >= 15 is 0 Å². The van der Waals surface area contributed by atoms with Crippen LogP contribution in [0, 0.1) is 5.82 Å². The number of aldehydes is 2. The van der Waals surface area contributed by atoms with Crippen LogP contribution in [0.2, 0.25) is 0 Å². The summed E-state index contributed by atoms with van der Waals surface area (Å²) in [6, 6.07) is 68.6. The summed E-state index contributed by atoms with van der Waals surface area (Å²) in [6.45, 7) is 0. The van der Waals surface area contributed by atoms with Crippen molar-refractivity contribution in [1.82, 2.24) is 10.6 Å². The van der Waals surface area contributed by atoms with Gasteiger partial charge in [-0.3, -0.25) is 53.8 Å². The normalized spacial score (nSPS) is 12.5. The Hall–Kier alpha value is -14.8. The summed E-state index contributed by atoms with van der Waals surface area (Å²) < 4.78 is 86.0. The molecule has 681 valence electrons. The van der Waals surface area contributed by atoms with Crippen LogP contribution in [0.3, 0.4) is 0 Å². The minimum atomic E-state index is -0.527. The molecule has 2 aliphatic heterocycles. The third-order valence-electron chi connectivity index (χ3n) is 19.0. The van der Waals surface area contributed by atoms with Crippen LogP contribution in [0.25, 0.3) is 17.7 Å². The summed E-state index contributed by atoms with van der Waals surface area (Å²) in [5, 5.41) is 22.5. The molecule has 2 fully saturated rings. The third kappa shape index (κ3) is 32.8. The van der Waals surface area contributed by atoms with E-state index in [-0.39, 0.29) is 70.2 Å². The zero-order valence-corrected chi connectivity index (χ0v) is 76.3. The predicted molar refractivity (Wildman–Crippen MR) is 488 cm³/mol. The van der Waals surface area contributed by atoms with Crippen molar-refractivity contribution in [1.29, 1.82) is 0 Å². The smallest absolute Gasteiger partial charge is 0.338 e. The molecule has 4 amide bonds. The van der Waals surface area contributed by atoms with E-state index in [1.165, 1.54) is 64.8 Å². The quantitative estimate of drug-likeness (QED) is 0.0107. The van der Waals surface area contributed by atoms with Gasteiger partial charge in [0.15, 0.2) is 0 Å². The van der Waals surface area contributed by atoms with Gasteiger partial charge in [-0.1, -0.05) is 72.4 Å². The van der Waals surface area contributed by atoms with E-state index in [0.29, 0.717) is 127 Å². The summed E-state index contributed by atoms with van der Waals surface area (Å²) in [7, 11) is 18.0. The zero-order valence-electron chi connectivity index (χ0n) is 73.3. The maximum absolute atomic E-state index is 12.6. The average molecular weight is 1860 g/mol. The Kier molecular flexibility index (Phi) is 41.9. The molecule has 0 bridgehead atoms. The summed E-state index contributed by atoms with van der Waals surface area (Å²) in [5.74, 6) is 4.25. The first kappa shape index (κ1) is 103. The number of phenols is 2. The predicted octanol–water partition coefficient (Wildman–Crippen LogP) is 17.8. The van der Waals surface area contributed by atoms with E-state index in [4.69, 9.17) is 66.3 Å². The molecule has 0 saturated carbocycles. The second-order valence-corrected chi connectivity index (χ2v) is 29.5. The van der Waals surface area contributed by atoms with Gasteiger partial charge in [0, 0.05) is 53.9 Å². The number of carbonyl (C=O) groups is 10. The van der Waals surface area contributed by atoms with Gasteiger partial charge in [0.2, 0.25) is 5.91 Å². The van der Waals surface area contributed by atoms with Crippen LogP contribution in [0.1, 0.15) is 88.5 Å². The Labute approximate surface area is 776 Å². The fourth-order valence-corrected chi connectivity index (χ4v) is 13.6. The van der Waals surface area contributed by atoms with Crippen LogP contribution < -0.4 is 58.0 Å². The number of hydrogen-bond donors (Lipinski definition) is 4. The van der Waals surface area contributed by atoms with Gasteiger partial charge in [0.25, 0.3) is 16.4 Å². The van der Waals surface area contributed by atoms with Crippen molar-refractivity contribution in [3.63, 3.8) is 0 Å². The molecule has 11 aromatic carbocycles. The summed E-state index contributed by atoms with van der Waals surface area (Å²) in [4.78, 5) is 114. The number of carbonyl (C=O) groups excluding carboxylic acids is 10. The largest absolute Gasteiger partial charge is 0.508 e. The Morgan fingerprint density at radius 3 is 0.969 bits per heavy atom. The Balaban J connectivity index is 0.000000228. The van der Waals surface area contributed by atoms with E-state index in [0.717, 1.165) is 74.3 Å². The van der Waals surface area contributed by atoms with Crippen molar-refractivity contribution in [2.24, 2.45) is 0 Å². The van der Waals surface area contributed by atoms with Crippen LogP contribution in [0.4, 0.5) is 14.0 Å². The van der Waals surface area contributed by atoms with Gasteiger partial charge in [-0.25, -0.2) is 9.18 Å². The van der Waals surface area contributed by atoms with Crippen molar-refractivity contribution in [2.75, 3.05) is 91.1 Å². The molecule has 13 rings (SSSR count). The second-order valence-electron chi connectivity index (χ2n) is 27.6. The van der Waals surface area contributed by atoms with Gasteiger partial charge < -0.3 is 76.5 Å². The molecule has 11 aromatic rings. The molecule has 3 unspecified atom stereocenters. The summed E-state index contributed by atoms with van der Waals surface area (Å²) in [6.07, 6.45) is 6.05. The number of rotatable bonds is 30. The second kappa shape index (κ2) is 53.1. The van der Waals surface area contributed by atoms with E-state index in [1.807, 2.05) is 60.7 Å². The first-order valence-electron chi connectivity index (χ1n) is 39.3. The molecule has 0 spiro atoms. The van der Waals surface area contributed by atoms with Crippen LogP contribution in [-0.4, -0.2) is 160 Å². The molecule has 32 heteroatoms. The minimum absolute atomic E-state index is 0. The number of nitrogens with one attached hydrogen (secondary N) is 2. The van der Waals surface area contributed by atoms with Gasteiger partial charge in [-0.2, -0.15) is 0 Å². The van der Waals surface area contributed by atoms with Gasteiger partial charge in [-0.15, -0.1) is 0 Å². The monoisotopic (exact) mass is 1860 g/mol. The van der Waals surface area contributed by atoms with Crippen molar-refractivity contribution in [3.8, 4) is 80.5 Å². The number of ether oxygens (including phenoxy) is 14. The first-order chi connectivity index (χ1) is 62.7. The van der Waals surface area contributed by atoms with Crippen molar-refractivity contribution < 1.29 is 147 Å². The number of esters is 4. The molecule has 131 heavy (non-hydrogen) atoms. The van der Waals surface area contributed by atoms with Crippen molar-refractivity contribution in [2.45, 2.75) is 37.0 Å². The fraction of sp³-hybridized carbons (Fsp3) is 0.192. The topological polar surface area (TPSA) is 364 Å². The van der Waals surface area contributed by atoms with Gasteiger partial charge in [-0.05, 0) is 251 Å². The molecule has 2 aliphatic rings. The number of amides is 4. The van der Waals surface area contributed by atoms with E-state index in [1.54, 1.807) is 215 Å². The molecular formula is C99H95FN2O26S2V. The third-order valence-corrected chi connectivity index (χ3v) is 20.6. The van der Waals surface area contributed by atoms with Gasteiger partial charge in [0.1, 0.15) is 98.9 Å². The first-order valence-corrected chi connectivity index (χ1v) is 41.1.